The Kier molecular flexibility index (Phi) is 7.50. The van der Waals surface area contributed by atoms with Gasteiger partial charge in [0.2, 0.25) is 0 Å². The molecule has 1 atom stereocenters. The SMILES string of the molecule is CCCCCCCCCC[N+](C)(C)C(CC12CC3CC(CC(C3)C1)C2)C(=O)O. The number of rotatable bonds is 13. The van der Waals surface area contributed by atoms with Crippen molar-refractivity contribution in [3.05, 3.63) is 0 Å². The van der Waals surface area contributed by atoms with Crippen LogP contribution in [0.25, 0.3) is 0 Å². The van der Waals surface area contributed by atoms with Crippen molar-refractivity contribution in [2.24, 2.45) is 23.2 Å². The molecule has 0 aromatic carbocycles. The highest BCUT2D eigenvalue weighted by Crippen LogP contribution is 2.61. The number of likely N-dealkylation sites (N-methyl/N-ethyl adjacent to an activating group) is 1. The van der Waals surface area contributed by atoms with Crippen molar-refractivity contribution in [2.45, 2.75) is 109 Å². The Balaban J connectivity index is 1.48. The van der Waals surface area contributed by atoms with Crippen LogP contribution in [-0.4, -0.2) is 42.2 Å². The summed E-state index contributed by atoms with van der Waals surface area (Å²) in [5, 5.41) is 10.1. The minimum absolute atomic E-state index is 0.221. The second-order valence-corrected chi connectivity index (χ2v) is 11.5. The molecule has 162 valence electrons. The van der Waals surface area contributed by atoms with Gasteiger partial charge < -0.3 is 9.59 Å². The molecule has 1 N–H and O–H groups in total. The standard InChI is InChI=1S/C25H45NO2/c1-4-5-6-7-8-9-10-11-12-26(2,3)23(24(27)28)19-25-16-20-13-21(17-25)15-22(14-20)18-25/h20-23H,4-19H2,1-3H3/p+1. The molecule has 4 rings (SSSR count). The monoisotopic (exact) mass is 392 g/mol. The maximum Gasteiger partial charge on any atom is 0.362 e. The molecule has 4 aliphatic rings. The van der Waals surface area contributed by atoms with E-state index in [1.54, 1.807) is 0 Å². The first kappa shape index (κ1) is 22.1. The van der Waals surface area contributed by atoms with Crippen LogP contribution in [0, 0.1) is 23.2 Å². The molecule has 0 aliphatic heterocycles. The third-order valence-electron chi connectivity index (χ3n) is 8.51. The van der Waals surface area contributed by atoms with Crippen molar-refractivity contribution in [3.8, 4) is 0 Å². The number of aliphatic carboxylic acids is 1. The van der Waals surface area contributed by atoms with Crippen molar-refractivity contribution in [1.82, 2.24) is 0 Å². The number of carboxylic acids is 1. The minimum atomic E-state index is -0.555. The zero-order valence-electron chi connectivity index (χ0n) is 18.9. The van der Waals surface area contributed by atoms with E-state index in [-0.39, 0.29) is 6.04 Å². The Bertz CT molecular complexity index is 477. The molecule has 0 saturated heterocycles. The third kappa shape index (κ3) is 5.52. The number of carboxylic acid groups (broad SMARTS) is 1. The third-order valence-corrected chi connectivity index (χ3v) is 8.51. The average Bonchev–Trinajstić information content (AvgIpc) is 2.60. The van der Waals surface area contributed by atoms with E-state index >= 15 is 0 Å². The van der Waals surface area contributed by atoms with Crippen LogP contribution < -0.4 is 0 Å². The molecule has 0 aromatic heterocycles. The predicted molar refractivity (Wildman–Crippen MR) is 116 cm³/mol. The highest BCUT2D eigenvalue weighted by Gasteiger charge is 2.53. The van der Waals surface area contributed by atoms with Crippen LogP contribution >= 0.6 is 0 Å². The Morgan fingerprint density at radius 1 is 0.893 bits per heavy atom. The molecule has 1 unspecified atom stereocenters. The summed E-state index contributed by atoms with van der Waals surface area (Å²) in [6, 6.07) is -0.221. The quantitative estimate of drug-likeness (QED) is 0.296. The van der Waals surface area contributed by atoms with Gasteiger partial charge in [-0.1, -0.05) is 45.4 Å². The van der Waals surface area contributed by atoms with Gasteiger partial charge in [0.15, 0.2) is 6.04 Å². The Labute approximate surface area is 173 Å². The minimum Gasteiger partial charge on any atom is -0.477 e. The summed E-state index contributed by atoms with van der Waals surface area (Å²) in [6.07, 6.45) is 19.7. The molecule has 4 fully saturated rings. The van der Waals surface area contributed by atoms with Gasteiger partial charge in [0, 0.05) is 6.42 Å². The lowest BCUT2D eigenvalue weighted by molar-refractivity contribution is -0.908. The van der Waals surface area contributed by atoms with Crippen molar-refractivity contribution < 1.29 is 14.4 Å². The molecule has 0 radical (unpaired) electrons. The lowest BCUT2D eigenvalue weighted by Crippen LogP contribution is -2.57. The summed E-state index contributed by atoms with van der Waals surface area (Å²) < 4.78 is 0.674. The molecule has 0 heterocycles. The van der Waals surface area contributed by atoms with Crippen LogP contribution in [0.5, 0.6) is 0 Å². The van der Waals surface area contributed by atoms with Gasteiger partial charge in [-0.05, 0) is 74.5 Å². The molecule has 0 spiro atoms. The molecule has 3 heteroatoms. The number of nitrogens with zero attached hydrogens (tertiary/aromatic N) is 1. The first-order valence-corrected chi connectivity index (χ1v) is 12.4. The van der Waals surface area contributed by atoms with Crippen LogP contribution in [-0.2, 0) is 4.79 Å². The van der Waals surface area contributed by atoms with Crippen molar-refractivity contribution in [2.75, 3.05) is 20.6 Å². The van der Waals surface area contributed by atoms with E-state index in [0.29, 0.717) is 9.90 Å². The van der Waals surface area contributed by atoms with Gasteiger partial charge in [0.25, 0.3) is 0 Å². The van der Waals surface area contributed by atoms with E-state index < -0.39 is 5.97 Å². The van der Waals surface area contributed by atoms with Crippen molar-refractivity contribution in [3.63, 3.8) is 0 Å². The van der Waals surface area contributed by atoms with Crippen molar-refractivity contribution in [1.29, 1.82) is 0 Å². The number of hydrogen-bond acceptors (Lipinski definition) is 1. The highest BCUT2D eigenvalue weighted by molar-refractivity contribution is 5.72. The lowest BCUT2D eigenvalue weighted by Gasteiger charge is -2.58. The first-order chi connectivity index (χ1) is 13.3. The summed E-state index contributed by atoms with van der Waals surface area (Å²) in [5.74, 6) is 2.16. The molecule has 0 amide bonds. The Hall–Kier alpha value is -0.570. The normalized spacial score (nSPS) is 32.6. The van der Waals surface area contributed by atoms with Gasteiger partial charge in [0.1, 0.15) is 0 Å². The maximum atomic E-state index is 12.3. The van der Waals surface area contributed by atoms with E-state index in [1.165, 1.54) is 89.9 Å². The van der Waals surface area contributed by atoms with E-state index in [0.717, 1.165) is 30.7 Å². The summed E-state index contributed by atoms with van der Waals surface area (Å²) in [6.45, 7) is 3.28. The fourth-order valence-corrected chi connectivity index (χ4v) is 7.39. The zero-order chi connectivity index (χ0) is 20.2. The Morgan fingerprint density at radius 2 is 1.36 bits per heavy atom. The van der Waals surface area contributed by atoms with Crippen LogP contribution in [0.1, 0.15) is 103 Å². The average molecular weight is 393 g/mol. The molecule has 0 aromatic rings. The topological polar surface area (TPSA) is 37.3 Å². The number of hydrogen-bond donors (Lipinski definition) is 1. The molecule has 28 heavy (non-hydrogen) atoms. The Morgan fingerprint density at radius 3 is 1.82 bits per heavy atom. The smallest absolute Gasteiger partial charge is 0.362 e. The summed E-state index contributed by atoms with van der Waals surface area (Å²) in [4.78, 5) is 12.3. The molecule has 4 aliphatic carbocycles. The van der Waals surface area contributed by atoms with Crippen LogP contribution in [0.15, 0.2) is 0 Å². The van der Waals surface area contributed by atoms with Gasteiger partial charge in [-0.3, -0.25) is 0 Å². The van der Waals surface area contributed by atoms with E-state index in [9.17, 15) is 9.90 Å². The number of quaternary nitrogens is 1. The van der Waals surface area contributed by atoms with Gasteiger partial charge in [-0.15, -0.1) is 0 Å². The van der Waals surface area contributed by atoms with Gasteiger partial charge in [-0.25, -0.2) is 4.79 Å². The van der Waals surface area contributed by atoms with Gasteiger partial charge in [-0.2, -0.15) is 0 Å². The number of unbranched alkanes of at least 4 members (excludes halogenated alkanes) is 7. The fourth-order valence-electron chi connectivity index (χ4n) is 7.39. The van der Waals surface area contributed by atoms with Crippen LogP contribution in [0.3, 0.4) is 0 Å². The maximum absolute atomic E-state index is 12.3. The van der Waals surface area contributed by atoms with Gasteiger partial charge in [0.05, 0.1) is 20.6 Å². The summed E-state index contributed by atoms with van der Waals surface area (Å²) in [5.41, 5.74) is 0.354. The van der Waals surface area contributed by atoms with Crippen molar-refractivity contribution >= 4 is 5.97 Å². The second kappa shape index (κ2) is 9.49. The summed E-state index contributed by atoms with van der Waals surface area (Å²) in [7, 11) is 4.36. The zero-order valence-corrected chi connectivity index (χ0v) is 18.9. The number of carbonyl (C=O) groups is 1. The highest BCUT2D eigenvalue weighted by atomic mass is 16.4. The molecule has 4 bridgehead atoms. The molecular weight excluding hydrogens is 346 g/mol. The molecule has 4 saturated carbocycles. The lowest BCUT2D eigenvalue weighted by atomic mass is 9.48. The first-order valence-electron chi connectivity index (χ1n) is 12.4. The predicted octanol–water partition coefficient (Wildman–Crippen LogP) is 6.26. The van der Waals surface area contributed by atoms with E-state index in [4.69, 9.17) is 0 Å². The van der Waals surface area contributed by atoms with E-state index in [1.807, 2.05) is 0 Å². The fraction of sp³-hybridized carbons (Fsp3) is 0.960. The van der Waals surface area contributed by atoms with Crippen LogP contribution in [0.4, 0.5) is 0 Å². The summed E-state index contributed by atoms with van der Waals surface area (Å²) >= 11 is 0. The largest absolute Gasteiger partial charge is 0.477 e. The molecular formula is C25H46NO2+. The van der Waals surface area contributed by atoms with Gasteiger partial charge >= 0.3 is 5.97 Å². The van der Waals surface area contributed by atoms with E-state index in [2.05, 4.69) is 21.0 Å². The second-order valence-electron chi connectivity index (χ2n) is 11.5. The van der Waals surface area contributed by atoms with Crippen LogP contribution in [0.2, 0.25) is 0 Å². The molecule has 3 nitrogen and oxygen atoms in total.